The highest BCUT2D eigenvalue weighted by Crippen LogP contribution is 1.52. The summed E-state index contributed by atoms with van der Waals surface area (Å²) in [6.45, 7) is 32.5. The molecule has 0 aliphatic heterocycles. The molecule has 0 aromatic rings. The molecular weight excluding hydrogens is 228 g/mol. The molecule has 0 fully saturated rings. The predicted molar refractivity (Wildman–Crippen MR) is 88.0 cm³/mol. The van der Waals surface area contributed by atoms with Crippen molar-refractivity contribution in [1.82, 2.24) is 0 Å². The number of rotatable bonds is 2. The van der Waals surface area contributed by atoms with Gasteiger partial charge in [-0.25, -0.2) is 0 Å². The first kappa shape index (κ1) is 43.9. The van der Waals surface area contributed by atoms with E-state index >= 15 is 0 Å². The van der Waals surface area contributed by atoms with Crippen molar-refractivity contribution in [2.24, 2.45) is 0 Å². The SMILES string of the molecule is C=C.C=C.C=C.C=C.C=C.CCOC.OCCO. The van der Waals surface area contributed by atoms with Gasteiger partial charge in [0.15, 0.2) is 0 Å². The van der Waals surface area contributed by atoms with Crippen molar-refractivity contribution in [3.05, 3.63) is 65.8 Å². The number of hydrogen-bond acceptors (Lipinski definition) is 3. The lowest BCUT2D eigenvalue weighted by molar-refractivity contribution is 0.186. The Balaban J connectivity index is -0.0000000163. The zero-order chi connectivity index (χ0) is 16.8. The molecule has 0 amide bonds. The lowest BCUT2D eigenvalue weighted by Gasteiger charge is -1.76. The molecule has 0 aromatic carbocycles. The largest absolute Gasteiger partial charge is 0.394 e. The second-order valence-corrected chi connectivity index (χ2v) is 1.02. The van der Waals surface area contributed by atoms with Crippen molar-refractivity contribution in [3.63, 3.8) is 0 Å². The maximum Gasteiger partial charge on any atom is 0.0662 e. The first-order valence-electron chi connectivity index (χ1n) is 5.04. The Morgan fingerprint density at radius 2 is 0.778 bits per heavy atom. The van der Waals surface area contributed by atoms with E-state index in [0.717, 1.165) is 6.61 Å². The summed E-state index contributed by atoms with van der Waals surface area (Å²) in [4.78, 5) is 0. The Labute approximate surface area is 115 Å². The lowest BCUT2D eigenvalue weighted by Crippen LogP contribution is -1.85. The Bertz CT molecular complexity index is 49.1. The van der Waals surface area contributed by atoms with Crippen molar-refractivity contribution in [2.75, 3.05) is 26.9 Å². The summed E-state index contributed by atoms with van der Waals surface area (Å²) < 4.78 is 4.54. The highest BCUT2D eigenvalue weighted by molar-refractivity contribution is 4.23. The molecule has 0 aromatic heterocycles. The number of aliphatic hydroxyl groups excluding tert-OH is 2. The molecule has 3 heteroatoms. The van der Waals surface area contributed by atoms with Crippen molar-refractivity contribution in [2.45, 2.75) is 6.92 Å². The van der Waals surface area contributed by atoms with Gasteiger partial charge in [-0.2, -0.15) is 0 Å². The van der Waals surface area contributed by atoms with Crippen molar-refractivity contribution in [3.8, 4) is 0 Å². The topological polar surface area (TPSA) is 49.7 Å². The molecule has 0 heterocycles. The van der Waals surface area contributed by atoms with E-state index in [-0.39, 0.29) is 13.2 Å². The smallest absolute Gasteiger partial charge is 0.0662 e. The van der Waals surface area contributed by atoms with Gasteiger partial charge in [0, 0.05) is 13.7 Å². The van der Waals surface area contributed by atoms with Crippen molar-refractivity contribution < 1.29 is 14.9 Å². The van der Waals surface area contributed by atoms with Crippen LogP contribution < -0.4 is 0 Å². The van der Waals surface area contributed by atoms with E-state index in [1.54, 1.807) is 7.11 Å². The molecule has 0 aliphatic carbocycles. The molecule has 0 atom stereocenters. The second-order valence-electron chi connectivity index (χ2n) is 1.02. The minimum absolute atomic E-state index is 0.125. The van der Waals surface area contributed by atoms with Crippen LogP contribution in [0.2, 0.25) is 0 Å². The Kier molecular flexibility index (Phi) is 1210. The highest BCUT2D eigenvalue weighted by atomic mass is 16.5. The number of aliphatic hydroxyl groups is 2. The first-order chi connectivity index (χ1) is 8.83. The second kappa shape index (κ2) is 498. The molecule has 18 heavy (non-hydrogen) atoms. The van der Waals surface area contributed by atoms with Crippen LogP contribution >= 0.6 is 0 Å². The van der Waals surface area contributed by atoms with Crippen LogP contribution in [0.3, 0.4) is 0 Å². The van der Waals surface area contributed by atoms with Crippen LogP contribution in [-0.4, -0.2) is 37.1 Å². The average molecular weight is 262 g/mol. The van der Waals surface area contributed by atoms with Crippen LogP contribution in [0, 0.1) is 0 Å². The minimum Gasteiger partial charge on any atom is -0.394 e. The van der Waals surface area contributed by atoms with Gasteiger partial charge in [-0.15, -0.1) is 65.8 Å². The van der Waals surface area contributed by atoms with Gasteiger partial charge in [0.1, 0.15) is 0 Å². The summed E-state index contributed by atoms with van der Waals surface area (Å²) in [6, 6.07) is 0. The normalized spacial score (nSPS) is 4.44. The van der Waals surface area contributed by atoms with Gasteiger partial charge >= 0.3 is 0 Å². The summed E-state index contributed by atoms with van der Waals surface area (Å²) in [6.07, 6.45) is 0. The van der Waals surface area contributed by atoms with Crippen LogP contribution in [0.4, 0.5) is 0 Å². The Morgan fingerprint density at radius 1 is 0.667 bits per heavy atom. The quantitative estimate of drug-likeness (QED) is 0.747. The number of ether oxygens (including phenoxy) is 1. The minimum atomic E-state index is -0.125. The standard InChI is InChI=1S/C3H8O.C2H6O2.5C2H4/c1-3-4-2;3-1-2-4;5*1-2/h3H2,1-2H3;3-4H,1-2H2;5*1-2H2. The third-order valence-corrected chi connectivity index (χ3v) is 0.389. The van der Waals surface area contributed by atoms with Crippen molar-refractivity contribution in [1.29, 1.82) is 0 Å². The highest BCUT2D eigenvalue weighted by Gasteiger charge is 1.58. The van der Waals surface area contributed by atoms with Gasteiger partial charge in [0.2, 0.25) is 0 Å². The predicted octanol–water partition coefficient (Wildman–Crippen LogP) is 3.63. The lowest BCUT2D eigenvalue weighted by atomic mass is 10.8. The fourth-order valence-corrected chi connectivity index (χ4v) is 0. The zero-order valence-electron chi connectivity index (χ0n) is 12.5. The van der Waals surface area contributed by atoms with Gasteiger partial charge in [-0.05, 0) is 6.92 Å². The van der Waals surface area contributed by atoms with E-state index in [9.17, 15) is 0 Å². The van der Waals surface area contributed by atoms with E-state index in [0.29, 0.717) is 0 Å². The Hall–Kier alpha value is -1.42. The van der Waals surface area contributed by atoms with E-state index in [1.165, 1.54) is 0 Å². The average Bonchev–Trinajstić information content (AvgIpc) is 2.56. The van der Waals surface area contributed by atoms with Crippen LogP contribution in [-0.2, 0) is 4.74 Å². The molecule has 0 spiro atoms. The molecule has 0 aliphatic rings. The van der Waals surface area contributed by atoms with Crippen LogP contribution in [0.15, 0.2) is 65.8 Å². The summed E-state index contributed by atoms with van der Waals surface area (Å²) in [5.41, 5.74) is 0. The molecule has 0 saturated carbocycles. The summed E-state index contributed by atoms with van der Waals surface area (Å²) in [7, 11) is 1.68. The van der Waals surface area contributed by atoms with Crippen molar-refractivity contribution >= 4 is 0 Å². The summed E-state index contributed by atoms with van der Waals surface area (Å²) in [5.74, 6) is 0. The van der Waals surface area contributed by atoms with Gasteiger partial charge < -0.3 is 14.9 Å². The molecular formula is C15H34O3. The molecule has 0 rings (SSSR count). The molecule has 2 N–H and O–H groups in total. The zero-order valence-corrected chi connectivity index (χ0v) is 12.5. The molecule has 0 bridgehead atoms. The Morgan fingerprint density at radius 3 is 0.778 bits per heavy atom. The maximum atomic E-state index is 7.62. The van der Waals surface area contributed by atoms with Gasteiger partial charge in [-0.3, -0.25) is 0 Å². The van der Waals surface area contributed by atoms with E-state index in [4.69, 9.17) is 10.2 Å². The first-order valence-corrected chi connectivity index (χ1v) is 5.04. The van der Waals surface area contributed by atoms with Gasteiger partial charge in [0.25, 0.3) is 0 Å². The van der Waals surface area contributed by atoms with Crippen LogP contribution in [0.25, 0.3) is 0 Å². The monoisotopic (exact) mass is 262 g/mol. The summed E-state index contributed by atoms with van der Waals surface area (Å²) in [5, 5.41) is 15.2. The number of methoxy groups -OCH3 is 1. The number of hydrogen-bond donors (Lipinski definition) is 2. The fraction of sp³-hybridized carbons (Fsp3) is 0.333. The molecule has 0 unspecified atom stereocenters. The van der Waals surface area contributed by atoms with E-state index in [1.807, 2.05) is 6.92 Å². The molecule has 3 nitrogen and oxygen atoms in total. The molecule has 0 radical (unpaired) electrons. The third kappa shape index (κ3) is 7990. The fourth-order valence-electron chi connectivity index (χ4n) is 0. The van der Waals surface area contributed by atoms with E-state index < -0.39 is 0 Å². The molecule has 0 saturated heterocycles. The molecule has 112 valence electrons. The van der Waals surface area contributed by atoms with Gasteiger partial charge in [-0.1, -0.05) is 0 Å². The van der Waals surface area contributed by atoms with Crippen LogP contribution in [0.5, 0.6) is 0 Å². The third-order valence-electron chi connectivity index (χ3n) is 0.389. The maximum absolute atomic E-state index is 7.62. The van der Waals surface area contributed by atoms with E-state index in [2.05, 4.69) is 70.5 Å². The van der Waals surface area contributed by atoms with Crippen LogP contribution in [0.1, 0.15) is 6.92 Å². The summed E-state index contributed by atoms with van der Waals surface area (Å²) >= 11 is 0. The van der Waals surface area contributed by atoms with Gasteiger partial charge in [0.05, 0.1) is 13.2 Å².